The molecule has 9 heteroatoms. The van der Waals surface area contributed by atoms with Gasteiger partial charge in [0.25, 0.3) is 0 Å². The van der Waals surface area contributed by atoms with Gasteiger partial charge >= 0.3 is 22.2 Å². The highest BCUT2D eigenvalue weighted by atomic mass is 32.2. The van der Waals surface area contributed by atoms with Crippen molar-refractivity contribution < 1.29 is 22.2 Å². The van der Waals surface area contributed by atoms with Crippen LogP contribution in [-0.4, -0.2) is 56.4 Å². The van der Waals surface area contributed by atoms with Gasteiger partial charge in [-0.05, 0) is 37.7 Å². The number of piperidine rings is 1. The summed E-state index contributed by atoms with van der Waals surface area (Å²) in [7, 11) is -4.04. The standard InChI is InChI=1S/C23H37N3O5S/c1-3-5-12-20(9-4-2)25-22(27)26-17-14-21(15-18-26)32(29,30)31-23(28)24-16-13-19-10-7-6-8-11-19/h6-8,10-11,20-21H,3-5,9,12-18H2,1-2H3,(H,24,28)(H,25,27). The van der Waals surface area contributed by atoms with Crippen LogP contribution in [0.3, 0.4) is 0 Å². The van der Waals surface area contributed by atoms with Gasteiger partial charge in [0.2, 0.25) is 0 Å². The molecule has 1 aliphatic heterocycles. The number of unbranched alkanes of at least 4 members (excludes halogenated alkanes) is 1. The first-order valence-electron chi connectivity index (χ1n) is 11.7. The van der Waals surface area contributed by atoms with E-state index in [1.54, 1.807) is 4.90 Å². The van der Waals surface area contributed by atoms with Crippen LogP contribution in [0.4, 0.5) is 9.59 Å². The number of benzene rings is 1. The van der Waals surface area contributed by atoms with Crippen molar-refractivity contribution in [2.24, 2.45) is 0 Å². The summed E-state index contributed by atoms with van der Waals surface area (Å²) in [4.78, 5) is 26.2. The van der Waals surface area contributed by atoms with Crippen LogP contribution in [0.2, 0.25) is 0 Å². The van der Waals surface area contributed by atoms with Gasteiger partial charge in [-0.2, -0.15) is 8.42 Å². The predicted molar refractivity (Wildman–Crippen MR) is 125 cm³/mol. The van der Waals surface area contributed by atoms with Crippen molar-refractivity contribution in [3.05, 3.63) is 35.9 Å². The lowest BCUT2D eigenvalue weighted by atomic mass is 10.1. The topological polar surface area (TPSA) is 105 Å². The van der Waals surface area contributed by atoms with Gasteiger partial charge in [0.05, 0.1) is 0 Å². The summed E-state index contributed by atoms with van der Waals surface area (Å²) in [5.41, 5.74) is 1.04. The Morgan fingerprint density at radius 1 is 1.09 bits per heavy atom. The molecule has 0 aliphatic carbocycles. The Hall–Kier alpha value is -2.29. The third kappa shape index (κ3) is 8.68. The largest absolute Gasteiger partial charge is 0.422 e. The minimum atomic E-state index is -4.04. The number of urea groups is 1. The molecule has 3 amide bonds. The molecule has 0 spiro atoms. The van der Waals surface area contributed by atoms with E-state index in [9.17, 15) is 18.0 Å². The third-order valence-electron chi connectivity index (χ3n) is 5.73. The molecular weight excluding hydrogens is 430 g/mol. The van der Waals surface area contributed by atoms with Crippen LogP contribution in [0.25, 0.3) is 0 Å². The van der Waals surface area contributed by atoms with Gasteiger partial charge in [-0.1, -0.05) is 63.4 Å². The lowest BCUT2D eigenvalue weighted by Crippen LogP contribution is -2.50. The summed E-state index contributed by atoms with van der Waals surface area (Å²) in [6.07, 6.45) is 5.16. The Morgan fingerprint density at radius 3 is 2.41 bits per heavy atom. The normalized spacial score (nSPS) is 15.8. The second-order valence-electron chi connectivity index (χ2n) is 8.29. The maximum atomic E-state index is 12.6. The van der Waals surface area contributed by atoms with Gasteiger partial charge in [-0.25, -0.2) is 9.59 Å². The monoisotopic (exact) mass is 467 g/mol. The quantitative estimate of drug-likeness (QED) is 0.482. The molecule has 0 bridgehead atoms. The maximum absolute atomic E-state index is 12.6. The summed E-state index contributed by atoms with van der Waals surface area (Å²) >= 11 is 0. The Balaban J connectivity index is 1.75. The third-order valence-corrected chi connectivity index (χ3v) is 7.40. The molecule has 1 unspecified atom stereocenters. The average molecular weight is 468 g/mol. The smallest absolute Gasteiger partial charge is 0.335 e. The van der Waals surface area contributed by atoms with E-state index in [0.29, 0.717) is 19.5 Å². The molecule has 2 N–H and O–H groups in total. The van der Waals surface area contributed by atoms with E-state index in [4.69, 9.17) is 4.18 Å². The average Bonchev–Trinajstić information content (AvgIpc) is 2.78. The number of rotatable bonds is 11. The van der Waals surface area contributed by atoms with Crippen LogP contribution in [0, 0.1) is 0 Å². The Labute approximate surface area is 192 Å². The van der Waals surface area contributed by atoms with E-state index in [0.717, 1.165) is 37.7 Å². The minimum Gasteiger partial charge on any atom is -0.335 e. The summed E-state index contributed by atoms with van der Waals surface area (Å²) in [5, 5.41) is 4.78. The summed E-state index contributed by atoms with van der Waals surface area (Å²) in [6.45, 7) is 5.15. The lowest BCUT2D eigenvalue weighted by Gasteiger charge is -2.32. The fraction of sp³-hybridized carbons (Fsp3) is 0.652. The zero-order chi connectivity index (χ0) is 23.4. The van der Waals surface area contributed by atoms with Crippen LogP contribution in [0.5, 0.6) is 0 Å². The van der Waals surface area contributed by atoms with Crippen molar-refractivity contribution in [3.8, 4) is 0 Å². The molecule has 1 atom stereocenters. The molecule has 32 heavy (non-hydrogen) atoms. The molecule has 1 aliphatic rings. The van der Waals surface area contributed by atoms with Gasteiger partial charge in [-0.3, -0.25) is 0 Å². The summed E-state index contributed by atoms with van der Waals surface area (Å²) < 4.78 is 29.7. The van der Waals surface area contributed by atoms with Gasteiger partial charge in [0.15, 0.2) is 0 Å². The number of nitrogens with zero attached hydrogens (tertiary/aromatic N) is 1. The van der Waals surface area contributed by atoms with Crippen LogP contribution in [0.1, 0.15) is 64.4 Å². The summed E-state index contributed by atoms with van der Waals surface area (Å²) in [6, 6.07) is 9.58. The van der Waals surface area contributed by atoms with Gasteiger partial charge < -0.3 is 19.7 Å². The molecule has 0 aromatic heterocycles. The Morgan fingerprint density at radius 2 is 1.78 bits per heavy atom. The molecule has 1 aromatic carbocycles. The number of nitrogens with one attached hydrogen (secondary N) is 2. The molecular formula is C23H37N3O5S. The molecule has 0 radical (unpaired) electrons. The van der Waals surface area contributed by atoms with E-state index in [1.165, 1.54) is 0 Å². The number of likely N-dealkylation sites (tertiary alicyclic amines) is 1. The second-order valence-corrected chi connectivity index (χ2v) is 10.1. The van der Waals surface area contributed by atoms with Crippen molar-refractivity contribution in [1.82, 2.24) is 15.5 Å². The van der Waals surface area contributed by atoms with Gasteiger partial charge in [-0.15, -0.1) is 0 Å². The van der Waals surface area contributed by atoms with Gasteiger partial charge in [0, 0.05) is 25.7 Å². The molecule has 1 aromatic rings. The second kappa shape index (κ2) is 13.3. The molecule has 0 saturated carbocycles. The SMILES string of the molecule is CCCCC(CCC)NC(=O)N1CCC(S(=O)(=O)OC(=O)NCCc2ccccc2)CC1. The van der Waals surface area contributed by atoms with E-state index in [1.807, 2.05) is 30.3 Å². The molecule has 1 fully saturated rings. The zero-order valence-electron chi connectivity index (χ0n) is 19.2. The molecule has 2 rings (SSSR count). The number of amides is 3. The fourth-order valence-corrected chi connectivity index (χ4v) is 5.05. The van der Waals surface area contributed by atoms with E-state index in [-0.39, 0.29) is 31.5 Å². The highest BCUT2D eigenvalue weighted by Gasteiger charge is 2.34. The number of hydrogen-bond donors (Lipinski definition) is 2. The first-order valence-corrected chi connectivity index (χ1v) is 13.1. The van der Waals surface area contributed by atoms with Crippen molar-refractivity contribution in [2.45, 2.75) is 76.5 Å². The Bertz CT molecular complexity index is 808. The van der Waals surface area contributed by atoms with Crippen molar-refractivity contribution in [1.29, 1.82) is 0 Å². The molecule has 180 valence electrons. The molecule has 1 saturated heterocycles. The highest BCUT2D eigenvalue weighted by molar-refractivity contribution is 7.87. The Kier molecular flexibility index (Phi) is 10.8. The van der Waals surface area contributed by atoms with Crippen LogP contribution < -0.4 is 10.6 Å². The zero-order valence-corrected chi connectivity index (χ0v) is 20.0. The van der Waals surface area contributed by atoms with Crippen LogP contribution >= 0.6 is 0 Å². The number of hydrogen-bond acceptors (Lipinski definition) is 5. The van der Waals surface area contributed by atoms with E-state index < -0.39 is 21.5 Å². The summed E-state index contributed by atoms with van der Waals surface area (Å²) in [5.74, 6) is 0. The fourth-order valence-electron chi connectivity index (χ4n) is 3.86. The van der Waals surface area contributed by atoms with E-state index >= 15 is 0 Å². The molecule has 8 nitrogen and oxygen atoms in total. The van der Waals surface area contributed by atoms with Crippen LogP contribution in [-0.2, 0) is 20.7 Å². The maximum Gasteiger partial charge on any atom is 0.422 e. The molecule has 1 heterocycles. The predicted octanol–water partition coefficient (Wildman–Crippen LogP) is 3.82. The van der Waals surface area contributed by atoms with Crippen molar-refractivity contribution >= 4 is 22.2 Å². The first-order chi connectivity index (χ1) is 15.4. The first kappa shape index (κ1) is 26.0. The minimum absolute atomic E-state index is 0.144. The van der Waals surface area contributed by atoms with Crippen molar-refractivity contribution in [3.63, 3.8) is 0 Å². The number of carbonyl (C=O) groups excluding carboxylic acids is 2. The van der Waals surface area contributed by atoms with Gasteiger partial charge in [0.1, 0.15) is 5.25 Å². The highest BCUT2D eigenvalue weighted by Crippen LogP contribution is 2.20. The van der Waals surface area contributed by atoms with Crippen molar-refractivity contribution in [2.75, 3.05) is 19.6 Å². The lowest BCUT2D eigenvalue weighted by molar-refractivity contribution is 0.178. The van der Waals surface area contributed by atoms with E-state index in [2.05, 4.69) is 24.5 Å². The van der Waals surface area contributed by atoms with Crippen LogP contribution in [0.15, 0.2) is 30.3 Å². The number of carbonyl (C=O) groups is 2.